The number of nitrogens with one attached hydrogen (secondary N) is 1. The Kier molecular flexibility index (Phi) is 3.35. The fourth-order valence-electron chi connectivity index (χ4n) is 2.78. The molecule has 102 valence electrons. The van der Waals surface area contributed by atoms with E-state index in [0.29, 0.717) is 0 Å². The zero-order valence-electron chi connectivity index (χ0n) is 12.1. The van der Waals surface area contributed by atoms with Gasteiger partial charge in [-0.3, -0.25) is 9.59 Å². The van der Waals surface area contributed by atoms with Crippen molar-refractivity contribution in [3.63, 3.8) is 0 Å². The first kappa shape index (κ1) is 13.6. The van der Waals surface area contributed by atoms with Crippen molar-refractivity contribution < 1.29 is 9.59 Å². The summed E-state index contributed by atoms with van der Waals surface area (Å²) in [5.41, 5.74) is 4.03. The molecule has 19 heavy (non-hydrogen) atoms. The number of hydrogen-bond acceptors (Lipinski definition) is 2. The van der Waals surface area contributed by atoms with E-state index in [1.54, 1.807) is 4.90 Å². The van der Waals surface area contributed by atoms with Gasteiger partial charge in [0.25, 0.3) is 5.91 Å². The maximum absolute atomic E-state index is 12.5. The third kappa shape index (κ3) is 2.23. The molecule has 0 aliphatic carbocycles. The quantitative estimate of drug-likeness (QED) is 0.886. The molecule has 1 heterocycles. The maximum Gasteiger partial charge on any atom is 0.254 e. The van der Waals surface area contributed by atoms with E-state index in [1.807, 2.05) is 33.8 Å². The molecule has 0 fully saturated rings. The number of benzene rings is 1. The average molecular weight is 260 g/mol. The van der Waals surface area contributed by atoms with Gasteiger partial charge in [-0.15, -0.1) is 0 Å². The molecule has 0 saturated carbocycles. The second-order valence-corrected chi connectivity index (χ2v) is 5.46. The van der Waals surface area contributed by atoms with Gasteiger partial charge in [0.05, 0.1) is 5.69 Å². The first-order valence-electron chi connectivity index (χ1n) is 6.54. The zero-order chi connectivity index (χ0) is 14.3. The van der Waals surface area contributed by atoms with Gasteiger partial charge in [-0.05, 0) is 33.3 Å². The van der Waals surface area contributed by atoms with Crippen LogP contribution in [0.1, 0.15) is 43.5 Å². The van der Waals surface area contributed by atoms with Crippen LogP contribution in [0.25, 0.3) is 0 Å². The Labute approximate surface area is 113 Å². The molecule has 1 aromatic carbocycles. The van der Waals surface area contributed by atoms with Crippen molar-refractivity contribution in [2.75, 3.05) is 4.90 Å². The van der Waals surface area contributed by atoms with E-state index in [2.05, 4.69) is 11.4 Å². The molecule has 2 amide bonds. The molecule has 0 saturated heterocycles. The van der Waals surface area contributed by atoms with Gasteiger partial charge in [0, 0.05) is 18.5 Å². The summed E-state index contributed by atoms with van der Waals surface area (Å²) in [6, 6.07) is 3.58. The molecule has 0 radical (unpaired) electrons. The highest BCUT2D eigenvalue weighted by Gasteiger charge is 2.40. The standard InChI is InChI=1S/C15H20N2O2/c1-8(2)17-14-10(4)6-9(3)7-12(14)13(15(17)19)16-11(5)18/h6-8,13H,1-5H3,(H,16,18)/t13-/m1/s1. The van der Waals surface area contributed by atoms with Crippen molar-refractivity contribution in [2.45, 2.75) is 46.7 Å². The van der Waals surface area contributed by atoms with E-state index in [0.717, 1.165) is 22.4 Å². The van der Waals surface area contributed by atoms with Gasteiger partial charge in [-0.1, -0.05) is 17.7 Å². The molecule has 1 aromatic rings. The molecule has 1 atom stereocenters. The van der Waals surface area contributed by atoms with Gasteiger partial charge in [0.1, 0.15) is 6.04 Å². The minimum absolute atomic E-state index is 0.0473. The van der Waals surface area contributed by atoms with Gasteiger partial charge < -0.3 is 10.2 Å². The van der Waals surface area contributed by atoms with E-state index in [-0.39, 0.29) is 17.9 Å². The highest BCUT2D eigenvalue weighted by Crippen LogP contribution is 2.40. The molecule has 4 nitrogen and oxygen atoms in total. The maximum atomic E-state index is 12.5. The molecule has 0 spiro atoms. The van der Waals surface area contributed by atoms with Crippen LogP contribution in [0.2, 0.25) is 0 Å². The first-order chi connectivity index (χ1) is 8.82. The van der Waals surface area contributed by atoms with Gasteiger partial charge in [0.15, 0.2) is 0 Å². The number of amides is 2. The van der Waals surface area contributed by atoms with Crippen LogP contribution in [0.15, 0.2) is 12.1 Å². The van der Waals surface area contributed by atoms with E-state index >= 15 is 0 Å². The van der Waals surface area contributed by atoms with E-state index < -0.39 is 6.04 Å². The summed E-state index contributed by atoms with van der Waals surface area (Å²) < 4.78 is 0. The molecule has 4 heteroatoms. The number of rotatable bonds is 2. The van der Waals surface area contributed by atoms with Crippen molar-refractivity contribution in [1.29, 1.82) is 0 Å². The van der Waals surface area contributed by atoms with Crippen molar-refractivity contribution in [3.05, 3.63) is 28.8 Å². The molecule has 2 rings (SSSR count). The monoisotopic (exact) mass is 260 g/mol. The molecule has 0 bridgehead atoms. The Morgan fingerprint density at radius 3 is 2.47 bits per heavy atom. The second kappa shape index (κ2) is 4.68. The van der Waals surface area contributed by atoms with Crippen LogP contribution in [-0.4, -0.2) is 17.9 Å². The van der Waals surface area contributed by atoms with Crippen molar-refractivity contribution in [3.8, 4) is 0 Å². The summed E-state index contributed by atoms with van der Waals surface area (Å²) in [7, 11) is 0. The number of aryl methyl sites for hydroxylation is 2. The number of carbonyl (C=O) groups is 2. The summed E-state index contributed by atoms with van der Waals surface area (Å²) >= 11 is 0. The lowest BCUT2D eigenvalue weighted by Crippen LogP contribution is -2.40. The fraction of sp³-hybridized carbons (Fsp3) is 0.467. The smallest absolute Gasteiger partial charge is 0.254 e. The van der Waals surface area contributed by atoms with Crippen molar-refractivity contribution >= 4 is 17.5 Å². The summed E-state index contributed by atoms with van der Waals surface area (Å²) in [5, 5.41) is 2.76. The summed E-state index contributed by atoms with van der Waals surface area (Å²) in [6.45, 7) is 9.41. The third-order valence-electron chi connectivity index (χ3n) is 3.37. The topological polar surface area (TPSA) is 49.4 Å². The largest absolute Gasteiger partial charge is 0.341 e. The van der Waals surface area contributed by atoms with Crippen LogP contribution in [0, 0.1) is 13.8 Å². The van der Waals surface area contributed by atoms with Crippen molar-refractivity contribution in [2.24, 2.45) is 0 Å². The lowest BCUT2D eigenvalue weighted by molar-refractivity contribution is -0.126. The molecule has 1 N–H and O–H groups in total. The Balaban J connectivity index is 2.60. The SMILES string of the molecule is CC(=O)N[C@H]1C(=O)N(C(C)C)c2c(C)cc(C)cc21. The van der Waals surface area contributed by atoms with Crippen LogP contribution in [0.4, 0.5) is 5.69 Å². The van der Waals surface area contributed by atoms with E-state index in [9.17, 15) is 9.59 Å². The third-order valence-corrected chi connectivity index (χ3v) is 3.37. The predicted molar refractivity (Wildman–Crippen MR) is 75.1 cm³/mol. The number of nitrogens with zero attached hydrogens (tertiary/aromatic N) is 1. The Hall–Kier alpha value is -1.84. The molecular formula is C15H20N2O2. The first-order valence-corrected chi connectivity index (χ1v) is 6.54. The summed E-state index contributed by atoms with van der Waals surface area (Å²) in [5.74, 6) is -0.233. The highest BCUT2D eigenvalue weighted by molar-refractivity contribution is 6.07. The predicted octanol–water partition coefficient (Wildman–Crippen LogP) is 2.24. The lowest BCUT2D eigenvalue weighted by atomic mass is 10.0. The Morgan fingerprint density at radius 1 is 1.32 bits per heavy atom. The Morgan fingerprint density at radius 2 is 1.95 bits per heavy atom. The van der Waals surface area contributed by atoms with E-state index in [4.69, 9.17) is 0 Å². The second-order valence-electron chi connectivity index (χ2n) is 5.46. The highest BCUT2D eigenvalue weighted by atomic mass is 16.2. The minimum Gasteiger partial charge on any atom is -0.341 e. The van der Waals surface area contributed by atoms with E-state index in [1.165, 1.54) is 6.92 Å². The zero-order valence-corrected chi connectivity index (χ0v) is 12.1. The van der Waals surface area contributed by atoms with Crippen LogP contribution < -0.4 is 10.2 Å². The van der Waals surface area contributed by atoms with Crippen LogP contribution in [0.3, 0.4) is 0 Å². The van der Waals surface area contributed by atoms with Gasteiger partial charge in [0.2, 0.25) is 5.91 Å². The number of anilines is 1. The van der Waals surface area contributed by atoms with Crippen LogP contribution in [0.5, 0.6) is 0 Å². The average Bonchev–Trinajstić information content (AvgIpc) is 2.53. The van der Waals surface area contributed by atoms with Crippen LogP contribution in [-0.2, 0) is 9.59 Å². The van der Waals surface area contributed by atoms with Crippen molar-refractivity contribution in [1.82, 2.24) is 5.32 Å². The molecule has 0 unspecified atom stereocenters. The molecule has 1 aliphatic heterocycles. The summed E-state index contributed by atoms with van der Waals surface area (Å²) in [4.78, 5) is 25.6. The normalized spacial score (nSPS) is 17.9. The lowest BCUT2D eigenvalue weighted by Gasteiger charge is -2.23. The Bertz CT molecular complexity index is 549. The molecular weight excluding hydrogens is 240 g/mol. The number of hydrogen-bond donors (Lipinski definition) is 1. The van der Waals surface area contributed by atoms with Gasteiger partial charge in [-0.25, -0.2) is 0 Å². The molecule has 0 aromatic heterocycles. The van der Waals surface area contributed by atoms with Gasteiger partial charge >= 0.3 is 0 Å². The fourth-order valence-corrected chi connectivity index (χ4v) is 2.78. The minimum atomic E-state index is -0.548. The van der Waals surface area contributed by atoms with Crippen LogP contribution >= 0.6 is 0 Å². The number of carbonyl (C=O) groups excluding carboxylic acids is 2. The summed E-state index contributed by atoms with van der Waals surface area (Å²) in [6.07, 6.45) is 0. The van der Waals surface area contributed by atoms with Gasteiger partial charge in [-0.2, -0.15) is 0 Å². The molecule has 1 aliphatic rings. The number of fused-ring (bicyclic) bond motifs is 1.